The van der Waals surface area contributed by atoms with Gasteiger partial charge in [-0.1, -0.05) is 12.1 Å². The molecule has 6 heteroatoms. The van der Waals surface area contributed by atoms with Gasteiger partial charge in [-0.15, -0.1) is 13.2 Å². The molecular formula is C8H5F3NO2. The van der Waals surface area contributed by atoms with Gasteiger partial charge < -0.3 is 10.1 Å². The predicted octanol–water partition coefficient (Wildman–Crippen LogP) is 2.06. The number of hydrogen-bond acceptors (Lipinski definition) is 2. The molecular weight excluding hydrogens is 199 g/mol. The van der Waals surface area contributed by atoms with Crippen LogP contribution in [0.25, 0.3) is 0 Å². The van der Waals surface area contributed by atoms with Crippen LogP contribution in [0.3, 0.4) is 0 Å². The van der Waals surface area contributed by atoms with Crippen LogP contribution in [0, 0.1) is 0 Å². The number of carbonyl (C=O) groups excluding carboxylic acids is 1. The van der Waals surface area contributed by atoms with Crippen molar-refractivity contribution in [3.63, 3.8) is 0 Å². The monoisotopic (exact) mass is 204 g/mol. The van der Waals surface area contributed by atoms with Crippen LogP contribution < -0.4 is 10.1 Å². The minimum absolute atomic E-state index is 0.0835. The highest BCUT2D eigenvalue weighted by Crippen LogP contribution is 2.29. The Hall–Kier alpha value is -1.72. The molecule has 14 heavy (non-hydrogen) atoms. The van der Waals surface area contributed by atoms with Crippen LogP contribution in [-0.2, 0) is 4.79 Å². The van der Waals surface area contributed by atoms with Crippen molar-refractivity contribution in [3.05, 3.63) is 24.3 Å². The lowest BCUT2D eigenvalue weighted by molar-refractivity contribution is -0.274. The van der Waals surface area contributed by atoms with Crippen LogP contribution in [-0.4, -0.2) is 12.8 Å². The molecule has 0 atom stereocenters. The molecule has 1 amide bonds. The van der Waals surface area contributed by atoms with E-state index in [1.54, 1.807) is 0 Å². The molecule has 0 bridgehead atoms. The highest BCUT2D eigenvalue weighted by molar-refractivity contribution is 5.75. The van der Waals surface area contributed by atoms with Crippen LogP contribution in [0.15, 0.2) is 24.3 Å². The Balaban J connectivity index is 2.89. The maximum Gasteiger partial charge on any atom is 0.573 e. The number of ether oxygens (including phenoxy) is 1. The van der Waals surface area contributed by atoms with Crippen molar-refractivity contribution in [2.75, 3.05) is 5.32 Å². The number of amides is 1. The van der Waals surface area contributed by atoms with E-state index in [0.29, 0.717) is 0 Å². The number of rotatable bonds is 3. The zero-order valence-electron chi connectivity index (χ0n) is 6.76. The summed E-state index contributed by atoms with van der Waals surface area (Å²) < 4.78 is 39.1. The maximum absolute atomic E-state index is 11.8. The van der Waals surface area contributed by atoms with Gasteiger partial charge in [-0.25, -0.2) is 0 Å². The molecule has 1 aromatic rings. The van der Waals surface area contributed by atoms with Gasteiger partial charge >= 0.3 is 12.8 Å². The van der Waals surface area contributed by atoms with Gasteiger partial charge in [0.25, 0.3) is 0 Å². The number of benzene rings is 1. The summed E-state index contributed by atoms with van der Waals surface area (Å²) in [6.07, 6.45) is -3.51. The number of alkyl halides is 3. The highest BCUT2D eigenvalue weighted by atomic mass is 19.4. The Kier molecular flexibility index (Phi) is 2.95. The van der Waals surface area contributed by atoms with Crippen molar-refractivity contribution in [1.29, 1.82) is 0 Å². The molecule has 75 valence electrons. The molecule has 0 saturated heterocycles. The van der Waals surface area contributed by atoms with Crippen LogP contribution in [0.4, 0.5) is 18.9 Å². The summed E-state index contributed by atoms with van der Waals surface area (Å²) >= 11 is 0. The minimum Gasteiger partial charge on any atom is -0.404 e. The number of nitrogens with one attached hydrogen (secondary N) is 1. The molecule has 0 spiro atoms. The normalized spacial score (nSPS) is 10.8. The van der Waals surface area contributed by atoms with E-state index in [1.165, 1.54) is 24.6 Å². The second-order valence-corrected chi connectivity index (χ2v) is 2.27. The van der Waals surface area contributed by atoms with E-state index < -0.39 is 12.1 Å². The Morgan fingerprint density at radius 3 is 2.50 bits per heavy atom. The molecule has 0 saturated carbocycles. The molecule has 0 heterocycles. The SMILES string of the molecule is O=[C]Nc1ccccc1OC(F)(F)F. The average Bonchev–Trinajstić information content (AvgIpc) is 2.06. The number of hydrogen-bond donors (Lipinski definition) is 1. The van der Waals surface area contributed by atoms with Gasteiger partial charge in [-0.3, -0.25) is 4.79 Å². The van der Waals surface area contributed by atoms with Crippen molar-refractivity contribution in [1.82, 2.24) is 0 Å². The van der Waals surface area contributed by atoms with Crippen LogP contribution in [0.2, 0.25) is 0 Å². The predicted molar refractivity (Wildman–Crippen MR) is 42.4 cm³/mol. The van der Waals surface area contributed by atoms with Crippen LogP contribution in [0.1, 0.15) is 0 Å². The van der Waals surface area contributed by atoms with Crippen LogP contribution >= 0.6 is 0 Å². The molecule has 0 unspecified atom stereocenters. The molecule has 1 aromatic carbocycles. The van der Waals surface area contributed by atoms with Crippen molar-refractivity contribution >= 4 is 12.1 Å². The summed E-state index contributed by atoms with van der Waals surface area (Å²) in [5.74, 6) is -0.469. The molecule has 0 aliphatic carbocycles. The Morgan fingerprint density at radius 2 is 1.93 bits per heavy atom. The second kappa shape index (κ2) is 3.99. The summed E-state index contributed by atoms with van der Waals surface area (Å²) in [6, 6.07) is 5.18. The van der Waals surface area contributed by atoms with E-state index in [1.807, 2.05) is 5.32 Å². The first-order valence-corrected chi connectivity index (χ1v) is 3.51. The lowest BCUT2D eigenvalue weighted by atomic mass is 10.3. The average molecular weight is 204 g/mol. The van der Waals surface area contributed by atoms with Gasteiger partial charge in [0.1, 0.15) is 0 Å². The first kappa shape index (κ1) is 10.4. The van der Waals surface area contributed by atoms with Gasteiger partial charge in [0.2, 0.25) is 0 Å². The third kappa shape index (κ3) is 2.96. The topological polar surface area (TPSA) is 38.3 Å². The zero-order chi connectivity index (χ0) is 10.6. The fourth-order valence-electron chi connectivity index (χ4n) is 0.839. The number of para-hydroxylation sites is 2. The van der Waals surface area contributed by atoms with Crippen molar-refractivity contribution in [2.24, 2.45) is 0 Å². The first-order valence-electron chi connectivity index (χ1n) is 3.51. The summed E-state index contributed by atoms with van der Waals surface area (Å²) in [4.78, 5) is 9.92. The van der Waals surface area contributed by atoms with Gasteiger partial charge in [0.05, 0.1) is 5.69 Å². The smallest absolute Gasteiger partial charge is 0.404 e. The molecule has 0 aromatic heterocycles. The quantitative estimate of drug-likeness (QED) is 0.765. The highest BCUT2D eigenvalue weighted by Gasteiger charge is 2.31. The van der Waals surface area contributed by atoms with Crippen molar-refractivity contribution in [3.8, 4) is 5.75 Å². The van der Waals surface area contributed by atoms with E-state index in [0.717, 1.165) is 6.07 Å². The van der Waals surface area contributed by atoms with Gasteiger partial charge in [-0.05, 0) is 12.1 Å². The van der Waals surface area contributed by atoms with E-state index in [4.69, 9.17) is 0 Å². The summed E-state index contributed by atoms with van der Waals surface area (Å²) in [6.45, 7) is 0. The number of halogens is 3. The van der Waals surface area contributed by atoms with E-state index in [2.05, 4.69) is 4.74 Å². The van der Waals surface area contributed by atoms with Gasteiger partial charge in [-0.2, -0.15) is 0 Å². The maximum atomic E-state index is 11.8. The third-order valence-electron chi connectivity index (χ3n) is 1.30. The minimum atomic E-state index is -4.78. The van der Waals surface area contributed by atoms with E-state index in [-0.39, 0.29) is 5.69 Å². The van der Waals surface area contributed by atoms with Crippen molar-refractivity contribution < 1.29 is 22.7 Å². The van der Waals surface area contributed by atoms with E-state index >= 15 is 0 Å². The van der Waals surface area contributed by atoms with Gasteiger partial charge in [0.15, 0.2) is 5.75 Å². The van der Waals surface area contributed by atoms with Crippen LogP contribution in [0.5, 0.6) is 5.75 Å². The van der Waals surface area contributed by atoms with Crippen molar-refractivity contribution in [2.45, 2.75) is 6.36 Å². The summed E-state index contributed by atoms with van der Waals surface area (Å²) in [5.41, 5.74) is -0.0835. The molecule has 0 fully saturated rings. The van der Waals surface area contributed by atoms with E-state index in [9.17, 15) is 18.0 Å². The molecule has 1 radical (unpaired) electrons. The number of anilines is 1. The molecule has 0 aliphatic rings. The fourth-order valence-corrected chi connectivity index (χ4v) is 0.839. The third-order valence-corrected chi connectivity index (χ3v) is 1.30. The molecule has 1 rings (SSSR count). The Bertz CT molecular complexity index is 325. The lowest BCUT2D eigenvalue weighted by Gasteiger charge is -2.11. The first-order chi connectivity index (χ1) is 6.53. The Morgan fingerprint density at radius 1 is 1.29 bits per heavy atom. The largest absolute Gasteiger partial charge is 0.573 e. The lowest BCUT2D eigenvalue weighted by Crippen LogP contribution is -2.18. The molecule has 1 N–H and O–H groups in total. The molecule has 3 nitrogen and oxygen atoms in total. The Labute approximate surface area is 77.5 Å². The van der Waals surface area contributed by atoms with Gasteiger partial charge in [0, 0.05) is 0 Å². The summed E-state index contributed by atoms with van der Waals surface area (Å²) in [7, 11) is 0. The summed E-state index contributed by atoms with van der Waals surface area (Å²) in [5, 5.41) is 1.97. The molecule has 0 aliphatic heterocycles. The zero-order valence-corrected chi connectivity index (χ0v) is 6.76. The second-order valence-electron chi connectivity index (χ2n) is 2.27. The fraction of sp³-hybridized carbons (Fsp3) is 0.125. The standard InChI is InChI=1S/C8H5F3NO2/c9-8(10,11)14-7-4-2-1-3-6(7)12-5-13/h1-4H,(H,12,13).